The van der Waals surface area contributed by atoms with Crippen LogP contribution in [0.1, 0.15) is 5.56 Å². The predicted molar refractivity (Wildman–Crippen MR) is 105 cm³/mol. The predicted octanol–water partition coefficient (Wildman–Crippen LogP) is 5.41. The Kier molecular flexibility index (Phi) is 5.15. The van der Waals surface area contributed by atoms with Crippen LogP contribution in [0.15, 0.2) is 47.4 Å². The van der Waals surface area contributed by atoms with Gasteiger partial charge in [-0.05, 0) is 42.0 Å². The number of benzene rings is 2. The first-order chi connectivity index (χ1) is 11.5. The van der Waals surface area contributed by atoms with Crippen molar-refractivity contribution in [2.24, 2.45) is 0 Å². The molecule has 24 heavy (non-hydrogen) atoms. The Hall–Kier alpha value is -1.53. The summed E-state index contributed by atoms with van der Waals surface area (Å²) in [5.41, 5.74) is 1.50. The monoisotopic (exact) mass is 395 g/mol. The normalized spacial score (nSPS) is 16.1. The van der Waals surface area contributed by atoms with Crippen molar-refractivity contribution in [2.45, 2.75) is 0 Å². The average molecular weight is 396 g/mol. The number of hydrogen-bond acceptors (Lipinski definition) is 4. The fourth-order valence-corrected chi connectivity index (χ4v) is 3.87. The first kappa shape index (κ1) is 17.3. The van der Waals surface area contributed by atoms with Crippen LogP contribution in [0.25, 0.3) is 6.08 Å². The quantitative estimate of drug-likeness (QED) is 0.513. The smallest absolute Gasteiger partial charge is 0.270 e. The van der Waals surface area contributed by atoms with Gasteiger partial charge in [-0.25, -0.2) is 0 Å². The number of thiocarbonyl (C=S) groups is 1. The molecule has 2 aromatic rings. The van der Waals surface area contributed by atoms with Crippen molar-refractivity contribution in [3.05, 3.63) is 63.0 Å². The summed E-state index contributed by atoms with van der Waals surface area (Å²) in [6, 6.07) is 12.4. The van der Waals surface area contributed by atoms with Gasteiger partial charge in [0.2, 0.25) is 0 Å². The SMILES string of the molecule is COc1ccc(N2C(=O)C(=Cc3ccc(Cl)cc3)SC2=S)cc1Cl. The zero-order chi connectivity index (χ0) is 17.3. The zero-order valence-corrected chi connectivity index (χ0v) is 15.6. The Morgan fingerprint density at radius 2 is 1.88 bits per heavy atom. The first-order valence-electron chi connectivity index (χ1n) is 6.86. The molecule has 0 radical (unpaired) electrons. The molecule has 1 aliphatic heterocycles. The Morgan fingerprint density at radius 3 is 2.50 bits per heavy atom. The van der Waals surface area contributed by atoms with Crippen LogP contribution in [0, 0.1) is 0 Å². The highest BCUT2D eigenvalue weighted by Gasteiger charge is 2.33. The molecule has 122 valence electrons. The van der Waals surface area contributed by atoms with E-state index in [1.165, 1.54) is 23.8 Å². The number of hydrogen-bond donors (Lipinski definition) is 0. The molecule has 3 nitrogen and oxygen atoms in total. The molecule has 1 fully saturated rings. The van der Waals surface area contributed by atoms with Crippen LogP contribution in [0.4, 0.5) is 5.69 Å². The Balaban J connectivity index is 1.91. The number of ether oxygens (including phenoxy) is 1. The summed E-state index contributed by atoms with van der Waals surface area (Å²) in [7, 11) is 1.54. The van der Waals surface area contributed by atoms with Gasteiger partial charge in [0, 0.05) is 5.02 Å². The molecule has 0 aliphatic carbocycles. The molecule has 0 atom stereocenters. The number of halogens is 2. The summed E-state index contributed by atoms with van der Waals surface area (Å²) in [4.78, 5) is 14.7. The topological polar surface area (TPSA) is 29.5 Å². The number of rotatable bonds is 3. The van der Waals surface area contributed by atoms with E-state index in [4.69, 9.17) is 40.2 Å². The molecule has 0 saturated carbocycles. The highest BCUT2D eigenvalue weighted by atomic mass is 35.5. The van der Waals surface area contributed by atoms with E-state index in [-0.39, 0.29) is 5.91 Å². The highest BCUT2D eigenvalue weighted by Crippen LogP contribution is 2.38. The molecule has 1 amide bonds. The average Bonchev–Trinajstić information content (AvgIpc) is 2.83. The molecule has 0 N–H and O–H groups in total. The van der Waals surface area contributed by atoms with Crippen LogP contribution in [0.5, 0.6) is 5.75 Å². The summed E-state index contributed by atoms with van der Waals surface area (Å²) < 4.78 is 5.59. The van der Waals surface area contributed by atoms with Crippen molar-refractivity contribution >= 4 is 69.2 Å². The van der Waals surface area contributed by atoms with E-state index < -0.39 is 0 Å². The van der Waals surface area contributed by atoms with Crippen LogP contribution in [0.2, 0.25) is 10.0 Å². The largest absolute Gasteiger partial charge is 0.495 e. The maximum Gasteiger partial charge on any atom is 0.270 e. The van der Waals surface area contributed by atoms with Crippen molar-refractivity contribution in [2.75, 3.05) is 12.0 Å². The zero-order valence-electron chi connectivity index (χ0n) is 12.5. The van der Waals surface area contributed by atoms with E-state index in [0.29, 0.717) is 30.7 Å². The number of carbonyl (C=O) groups is 1. The van der Waals surface area contributed by atoms with E-state index in [9.17, 15) is 4.79 Å². The Labute approximate surface area is 159 Å². The number of nitrogens with zero attached hydrogens (tertiary/aromatic N) is 1. The first-order valence-corrected chi connectivity index (χ1v) is 8.85. The second-order valence-electron chi connectivity index (χ2n) is 4.89. The van der Waals surface area contributed by atoms with E-state index in [1.807, 2.05) is 12.1 Å². The van der Waals surface area contributed by atoms with Gasteiger partial charge in [-0.15, -0.1) is 0 Å². The minimum atomic E-state index is -0.179. The van der Waals surface area contributed by atoms with Gasteiger partial charge in [0.05, 0.1) is 22.7 Å². The Morgan fingerprint density at radius 1 is 1.17 bits per heavy atom. The van der Waals surface area contributed by atoms with Gasteiger partial charge in [0.25, 0.3) is 5.91 Å². The van der Waals surface area contributed by atoms with E-state index in [0.717, 1.165) is 5.56 Å². The van der Waals surface area contributed by atoms with Crippen LogP contribution in [-0.2, 0) is 4.79 Å². The second-order valence-corrected chi connectivity index (χ2v) is 7.41. The standard InChI is InChI=1S/C17H11Cl2NO2S2/c1-22-14-7-6-12(9-13(14)19)20-16(21)15(24-17(20)23)8-10-2-4-11(18)5-3-10/h2-9H,1H3. The summed E-state index contributed by atoms with van der Waals surface area (Å²) in [6.45, 7) is 0. The number of thioether (sulfide) groups is 1. The lowest BCUT2D eigenvalue weighted by Crippen LogP contribution is -2.27. The van der Waals surface area contributed by atoms with Crippen LogP contribution >= 0.6 is 47.2 Å². The molecule has 2 aromatic carbocycles. The fourth-order valence-electron chi connectivity index (χ4n) is 2.20. The lowest BCUT2D eigenvalue weighted by atomic mass is 10.2. The summed E-state index contributed by atoms with van der Waals surface area (Å²) in [6.07, 6.45) is 1.79. The summed E-state index contributed by atoms with van der Waals surface area (Å²) >= 11 is 18.6. The molecule has 1 aliphatic rings. The minimum Gasteiger partial charge on any atom is -0.495 e. The Bertz CT molecular complexity index is 850. The fraction of sp³-hybridized carbons (Fsp3) is 0.0588. The van der Waals surface area contributed by atoms with Gasteiger partial charge in [-0.1, -0.05) is 59.3 Å². The van der Waals surface area contributed by atoms with Gasteiger partial charge in [0.1, 0.15) is 5.75 Å². The molecule has 0 spiro atoms. The lowest BCUT2D eigenvalue weighted by molar-refractivity contribution is -0.113. The van der Waals surface area contributed by atoms with Crippen LogP contribution in [-0.4, -0.2) is 17.3 Å². The molecule has 1 saturated heterocycles. The van der Waals surface area contributed by atoms with Crippen molar-refractivity contribution in [3.63, 3.8) is 0 Å². The van der Waals surface area contributed by atoms with Crippen LogP contribution in [0.3, 0.4) is 0 Å². The molecule has 1 heterocycles. The second kappa shape index (κ2) is 7.15. The van der Waals surface area contributed by atoms with E-state index in [2.05, 4.69) is 0 Å². The van der Waals surface area contributed by atoms with Crippen molar-refractivity contribution in [3.8, 4) is 5.75 Å². The van der Waals surface area contributed by atoms with Crippen molar-refractivity contribution < 1.29 is 9.53 Å². The van der Waals surface area contributed by atoms with Crippen molar-refractivity contribution in [1.29, 1.82) is 0 Å². The van der Waals surface area contributed by atoms with E-state index in [1.54, 1.807) is 36.4 Å². The maximum absolute atomic E-state index is 12.7. The molecule has 0 bridgehead atoms. The van der Waals surface area contributed by atoms with Gasteiger partial charge in [0.15, 0.2) is 4.32 Å². The molecule has 3 rings (SSSR count). The van der Waals surface area contributed by atoms with Gasteiger partial charge >= 0.3 is 0 Å². The number of carbonyl (C=O) groups excluding carboxylic acids is 1. The minimum absolute atomic E-state index is 0.179. The summed E-state index contributed by atoms with van der Waals surface area (Å²) in [5, 5.41) is 1.07. The van der Waals surface area contributed by atoms with Gasteiger partial charge < -0.3 is 4.74 Å². The third-order valence-corrected chi connectivity index (χ3v) is 5.20. The molecule has 0 aromatic heterocycles. The number of amides is 1. The van der Waals surface area contributed by atoms with Crippen LogP contribution < -0.4 is 9.64 Å². The molecular weight excluding hydrogens is 385 g/mol. The summed E-state index contributed by atoms with van der Waals surface area (Å²) in [5.74, 6) is 0.365. The molecule has 7 heteroatoms. The number of methoxy groups -OCH3 is 1. The maximum atomic E-state index is 12.7. The van der Waals surface area contributed by atoms with Crippen molar-refractivity contribution in [1.82, 2.24) is 0 Å². The lowest BCUT2D eigenvalue weighted by Gasteiger charge is -2.15. The van der Waals surface area contributed by atoms with Gasteiger partial charge in [-0.2, -0.15) is 0 Å². The third-order valence-electron chi connectivity index (χ3n) is 3.36. The molecule has 0 unspecified atom stereocenters. The number of anilines is 1. The third kappa shape index (κ3) is 3.44. The molecular formula is C17H11Cl2NO2S2. The van der Waals surface area contributed by atoms with Gasteiger partial charge in [-0.3, -0.25) is 9.69 Å². The highest BCUT2D eigenvalue weighted by molar-refractivity contribution is 8.27. The van der Waals surface area contributed by atoms with E-state index >= 15 is 0 Å².